The van der Waals surface area contributed by atoms with E-state index in [9.17, 15) is 4.39 Å². The summed E-state index contributed by atoms with van der Waals surface area (Å²) in [5, 5.41) is 4.36. The minimum Gasteiger partial charge on any atom is -0.380 e. The number of allylic oxidation sites excluding steroid dienone is 2. The maximum absolute atomic E-state index is 13.6. The van der Waals surface area contributed by atoms with Crippen molar-refractivity contribution in [3.05, 3.63) is 89.7 Å². The Balaban J connectivity index is 1.79. The number of rotatable bonds is 2. The van der Waals surface area contributed by atoms with E-state index in [1.807, 2.05) is 42.7 Å². The number of halogens is 1. The number of dihydropyridines is 1. The summed E-state index contributed by atoms with van der Waals surface area (Å²) < 4.78 is 13.6. The molecule has 1 aromatic carbocycles. The van der Waals surface area contributed by atoms with Crippen LogP contribution in [0.25, 0.3) is 16.6 Å². The fourth-order valence-corrected chi connectivity index (χ4v) is 3.00. The largest absolute Gasteiger partial charge is 0.380 e. The molecular weight excluding hydrogens is 301 g/mol. The smallest absolute Gasteiger partial charge is 0.159 e. The van der Waals surface area contributed by atoms with E-state index in [0.717, 1.165) is 27.7 Å². The first kappa shape index (κ1) is 14.6. The summed E-state index contributed by atoms with van der Waals surface area (Å²) >= 11 is 0. The van der Waals surface area contributed by atoms with Gasteiger partial charge in [0, 0.05) is 17.8 Å². The molecule has 0 bridgehead atoms. The van der Waals surface area contributed by atoms with Crippen LogP contribution in [0.15, 0.2) is 67.1 Å². The number of aryl methyl sites for hydroxylation is 1. The fourth-order valence-electron chi connectivity index (χ4n) is 3.00. The zero-order chi connectivity index (χ0) is 16.5. The topological polar surface area (TPSA) is 37.8 Å². The molecule has 118 valence electrons. The van der Waals surface area contributed by atoms with Gasteiger partial charge < -0.3 is 5.32 Å². The molecule has 4 rings (SSSR count). The molecule has 0 fully saturated rings. The number of hydrogen-bond donors (Lipinski definition) is 1. The van der Waals surface area contributed by atoms with Gasteiger partial charge in [0.25, 0.3) is 0 Å². The lowest BCUT2D eigenvalue weighted by Gasteiger charge is -2.24. The van der Waals surface area contributed by atoms with E-state index < -0.39 is 0 Å². The molecule has 0 saturated heterocycles. The van der Waals surface area contributed by atoms with E-state index in [2.05, 4.69) is 27.4 Å². The normalized spacial score (nSPS) is 16.8. The van der Waals surface area contributed by atoms with Crippen molar-refractivity contribution in [1.82, 2.24) is 15.3 Å². The van der Waals surface area contributed by atoms with Gasteiger partial charge in [-0.15, -0.1) is 0 Å². The Bertz CT molecular complexity index is 976. The van der Waals surface area contributed by atoms with Gasteiger partial charge in [0.15, 0.2) is 5.65 Å². The third-order valence-corrected chi connectivity index (χ3v) is 4.25. The van der Waals surface area contributed by atoms with Crippen molar-refractivity contribution in [2.75, 3.05) is 0 Å². The van der Waals surface area contributed by atoms with Crippen LogP contribution in [0, 0.1) is 12.7 Å². The highest BCUT2D eigenvalue weighted by molar-refractivity contribution is 5.82. The van der Waals surface area contributed by atoms with E-state index in [4.69, 9.17) is 0 Å². The zero-order valence-electron chi connectivity index (χ0n) is 13.2. The van der Waals surface area contributed by atoms with Gasteiger partial charge in [0.1, 0.15) is 5.82 Å². The average Bonchev–Trinajstić information content (AvgIpc) is 2.63. The first-order chi connectivity index (χ1) is 11.7. The molecule has 0 amide bonds. The number of pyridine rings is 2. The molecule has 1 aliphatic rings. The van der Waals surface area contributed by atoms with Crippen molar-refractivity contribution in [2.45, 2.75) is 13.0 Å². The number of fused-ring (bicyclic) bond motifs is 1. The molecule has 0 aliphatic carbocycles. The van der Waals surface area contributed by atoms with E-state index >= 15 is 0 Å². The van der Waals surface area contributed by atoms with Gasteiger partial charge in [-0.1, -0.05) is 18.2 Å². The minimum atomic E-state index is -0.186. The predicted octanol–water partition coefficient (Wildman–Crippen LogP) is 4.32. The molecular formula is C20H16FN3. The molecule has 0 radical (unpaired) electrons. The summed E-state index contributed by atoms with van der Waals surface area (Å²) in [6.07, 6.45) is 9.52. The number of nitrogens with one attached hydrogen (secondary N) is 1. The van der Waals surface area contributed by atoms with Crippen LogP contribution in [0.3, 0.4) is 0 Å². The Kier molecular flexibility index (Phi) is 3.58. The third kappa shape index (κ3) is 2.56. The second-order valence-corrected chi connectivity index (χ2v) is 5.86. The highest BCUT2D eigenvalue weighted by Gasteiger charge is 2.20. The van der Waals surface area contributed by atoms with Crippen LogP contribution in [0.5, 0.6) is 0 Å². The molecule has 0 saturated carbocycles. The van der Waals surface area contributed by atoms with Crippen molar-refractivity contribution >= 4 is 16.6 Å². The molecule has 3 heterocycles. The Labute approximate surface area is 139 Å². The lowest BCUT2D eigenvalue weighted by atomic mass is 9.91. The molecule has 2 aromatic heterocycles. The van der Waals surface area contributed by atoms with Gasteiger partial charge in [-0.05, 0) is 65.7 Å². The number of hydrogen-bond acceptors (Lipinski definition) is 3. The summed E-state index contributed by atoms with van der Waals surface area (Å²) in [5.74, 6) is -0.186. The molecule has 1 unspecified atom stereocenters. The molecule has 24 heavy (non-hydrogen) atoms. The number of benzene rings is 1. The Morgan fingerprint density at radius 2 is 2.04 bits per heavy atom. The van der Waals surface area contributed by atoms with Crippen LogP contribution in [0.1, 0.15) is 22.7 Å². The van der Waals surface area contributed by atoms with Crippen LogP contribution in [0.2, 0.25) is 0 Å². The van der Waals surface area contributed by atoms with Gasteiger partial charge >= 0.3 is 0 Å². The van der Waals surface area contributed by atoms with Crippen LogP contribution in [-0.4, -0.2) is 9.97 Å². The molecule has 1 N–H and O–H groups in total. The Hall–Kier alpha value is -3.01. The first-order valence-electron chi connectivity index (χ1n) is 7.82. The third-order valence-electron chi connectivity index (χ3n) is 4.25. The van der Waals surface area contributed by atoms with Gasteiger partial charge in [0.05, 0.1) is 6.04 Å². The van der Waals surface area contributed by atoms with E-state index in [-0.39, 0.29) is 11.9 Å². The molecule has 3 aromatic rings. The van der Waals surface area contributed by atoms with Crippen molar-refractivity contribution in [3.63, 3.8) is 0 Å². The summed E-state index contributed by atoms with van der Waals surface area (Å²) in [6, 6.07) is 11.2. The lowest BCUT2D eigenvalue weighted by Crippen LogP contribution is -2.19. The second kappa shape index (κ2) is 5.89. The number of nitrogens with zero attached hydrogens (tertiary/aromatic N) is 2. The highest BCUT2D eigenvalue weighted by atomic mass is 19.1. The molecule has 1 atom stereocenters. The van der Waals surface area contributed by atoms with Crippen LogP contribution in [0.4, 0.5) is 4.39 Å². The van der Waals surface area contributed by atoms with E-state index in [0.29, 0.717) is 5.56 Å². The zero-order valence-corrected chi connectivity index (χ0v) is 13.2. The molecule has 4 heteroatoms. The van der Waals surface area contributed by atoms with Crippen molar-refractivity contribution in [1.29, 1.82) is 0 Å². The molecule has 3 nitrogen and oxygen atoms in total. The predicted molar refractivity (Wildman–Crippen MR) is 93.7 cm³/mol. The standard InChI is InChI=1S/C20H16FN3/c1-13-10-14(6-7-18(13)21)19-17(5-3-8-22-19)16-11-15-4-2-9-23-20(15)24-12-16/h2-12,19,22H,1H3. The van der Waals surface area contributed by atoms with Crippen LogP contribution >= 0.6 is 0 Å². The van der Waals surface area contributed by atoms with Gasteiger partial charge in [0.2, 0.25) is 0 Å². The summed E-state index contributed by atoms with van der Waals surface area (Å²) in [6.45, 7) is 1.78. The minimum absolute atomic E-state index is 0.0368. The Morgan fingerprint density at radius 3 is 2.92 bits per heavy atom. The monoisotopic (exact) mass is 317 g/mol. The lowest BCUT2D eigenvalue weighted by molar-refractivity contribution is 0.616. The van der Waals surface area contributed by atoms with Crippen molar-refractivity contribution in [3.8, 4) is 0 Å². The second-order valence-electron chi connectivity index (χ2n) is 5.86. The quantitative estimate of drug-likeness (QED) is 0.765. The molecule has 0 spiro atoms. The summed E-state index contributed by atoms with van der Waals surface area (Å²) in [4.78, 5) is 8.72. The number of aromatic nitrogens is 2. The SMILES string of the molecule is Cc1cc(C2NC=CC=C2c2cnc3ncccc3c2)ccc1F. The van der Waals surface area contributed by atoms with E-state index in [1.165, 1.54) is 6.07 Å². The maximum atomic E-state index is 13.6. The van der Waals surface area contributed by atoms with Crippen LogP contribution < -0.4 is 5.32 Å². The van der Waals surface area contributed by atoms with Crippen molar-refractivity contribution < 1.29 is 4.39 Å². The van der Waals surface area contributed by atoms with Gasteiger partial charge in [-0.3, -0.25) is 0 Å². The van der Waals surface area contributed by atoms with Crippen molar-refractivity contribution in [2.24, 2.45) is 0 Å². The van der Waals surface area contributed by atoms with Gasteiger partial charge in [-0.25, -0.2) is 14.4 Å². The summed E-state index contributed by atoms with van der Waals surface area (Å²) in [5.41, 5.74) is 4.52. The molecule has 1 aliphatic heterocycles. The summed E-state index contributed by atoms with van der Waals surface area (Å²) in [7, 11) is 0. The highest BCUT2D eigenvalue weighted by Crippen LogP contribution is 2.33. The van der Waals surface area contributed by atoms with Gasteiger partial charge in [-0.2, -0.15) is 0 Å². The van der Waals surface area contributed by atoms with E-state index in [1.54, 1.807) is 13.1 Å². The first-order valence-corrected chi connectivity index (χ1v) is 7.82. The average molecular weight is 317 g/mol. The maximum Gasteiger partial charge on any atom is 0.159 e. The fraction of sp³-hybridized carbons (Fsp3) is 0.100. The van der Waals surface area contributed by atoms with Crippen LogP contribution in [-0.2, 0) is 0 Å². The Morgan fingerprint density at radius 1 is 1.12 bits per heavy atom.